The molecule has 26 heavy (non-hydrogen) atoms. The summed E-state index contributed by atoms with van der Waals surface area (Å²) in [5.74, 6) is 0.404. The van der Waals surface area contributed by atoms with Crippen LogP contribution in [0.2, 0.25) is 0 Å². The number of carbonyl (C=O) groups is 1. The predicted octanol–water partition coefficient (Wildman–Crippen LogP) is 8.95. The van der Waals surface area contributed by atoms with Gasteiger partial charge in [0.15, 0.2) is 5.78 Å². The highest BCUT2D eigenvalue weighted by Gasteiger charge is 2.09. The molecule has 0 rings (SSSR count). The monoisotopic (exact) mass is 364 g/mol. The van der Waals surface area contributed by atoms with Crippen molar-refractivity contribution < 1.29 is 4.79 Å². The Balaban J connectivity index is 3.36. The summed E-state index contributed by atoms with van der Waals surface area (Å²) < 4.78 is 0. The molecule has 0 saturated carbocycles. The minimum absolute atomic E-state index is 0.404. The lowest BCUT2D eigenvalue weighted by Gasteiger charge is -2.08. The standard InChI is InChI=1S/C25H48O/c1-5-7-8-9-10-11-12-13-14-15-16-17-18-19-20-22-25(26)24(21-6-2)23(3)4/h5-22H2,1-4H3. The van der Waals surface area contributed by atoms with Crippen molar-refractivity contribution >= 4 is 5.78 Å². The van der Waals surface area contributed by atoms with E-state index in [-0.39, 0.29) is 0 Å². The zero-order valence-electron chi connectivity index (χ0n) is 18.6. The van der Waals surface area contributed by atoms with E-state index >= 15 is 0 Å². The maximum atomic E-state index is 12.3. The quantitative estimate of drug-likeness (QED) is 0.165. The van der Waals surface area contributed by atoms with Crippen LogP contribution in [0.3, 0.4) is 0 Å². The van der Waals surface area contributed by atoms with Crippen LogP contribution in [0.5, 0.6) is 0 Å². The third-order valence-electron chi connectivity index (χ3n) is 5.45. The van der Waals surface area contributed by atoms with Gasteiger partial charge in [0.25, 0.3) is 0 Å². The van der Waals surface area contributed by atoms with Crippen LogP contribution in [0.15, 0.2) is 11.1 Å². The van der Waals surface area contributed by atoms with Crippen LogP contribution in [-0.2, 0) is 4.79 Å². The van der Waals surface area contributed by atoms with E-state index in [1.165, 1.54) is 95.5 Å². The van der Waals surface area contributed by atoms with Crippen molar-refractivity contribution in [2.24, 2.45) is 0 Å². The molecule has 0 atom stereocenters. The lowest BCUT2D eigenvalue weighted by Crippen LogP contribution is -2.04. The summed E-state index contributed by atoms with van der Waals surface area (Å²) in [6.07, 6.45) is 23.4. The molecule has 0 aliphatic rings. The second-order valence-electron chi connectivity index (χ2n) is 8.35. The van der Waals surface area contributed by atoms with E-state index < -0.39 is 0 Å². The fourth-order valence-electron chi connectivity index (χ4n) is 3.73. The Hall–Kier alpha value is -0.590. The number of Topliss-reactive ketones (excluding diaryl/α,β-unsaturated/α-hetero) is 1. The number of hydrogen-bond acceptors (Lipinski definition) is 1. The van der Waals surface area contributed by atoms with Gasteiger partial charge in [0.1, 0.15) is 0 Å². The molecule has 0 aromatic rings. The first-order valence-electron chi connectivity index (χ1n) is 11.8. The van der Waals surface area contributed by atoms with Crippen molar-refractivity contribution in [1.29, 1.82) is 0 Å². The minimum Gasteiger partial charge on any atom is -0.295 e. The molecular weight excluding hydrogens is 316 g/mol. The van der Waals surface area contributed by atoms with E-state index in [1.807, 2.05) is 0 Å². The van der Waals surface area contributed by atoms with Gasteiger partial charge in [-0.15, -0.1) is 0 Å². The van der Waals surface area contributed by atoms with Crippen LogP contribution >= 0.6 is 0 Å². The Kier molecular flexibility index (Phi) is 18.7. The maximum absolute atomic E-state index is 12.3. The molecule has 0 heterocycles. The van der Waals surface area contributed by atoms with Crippen molar-refractivity contribution in [2.45, 2.75) is 143 Å². The third kappa shape index (κ3) is 15.6. The Labute approximate surface area is 165 Å². The largest absolute Gasteiger partial charge is 0.295 e. The first-order chi connectivity index (χ1) is 12.6. The Morgan fingerprint density at radius 2 is 0.885 bits per heavy atom. The average Bonchev–Trinajstić information content (AvgIpc) is 2.62. The van der Waals surface area contributed by atoms with Crippen molar-refractivity contribution in [3.63, 3.8) is 0 Å². The number of ketones is 1. The average molecular weight is 365 g/mol. The molecule has 0 bridgehead atoms. The smallest absolute Gasteiger partial charge is 0.158 e. The SMILES string of the molecule is CCCCCCCCCCCCCCCCCC(=O)C(CCC)=C(C)C. The van der Waals surface area contributed by atoms with Gasteiger partial charge in [-0.1, -0.05) is 116 Å². The number of hydrogen-bond donors (Lipinski definition) is 0. The second-order valence-corrected chi connectivity index (χ2v) is 8.35. The molecule has 1 nitrogen and oxygen atoms in total. The summed E-state index contributed by atoms with van der Waals surface area (Å²) in [7, 11) is 0. The van der Waals surface area contributed by atoms with Gasteiger partial charge in [-0.3, -0.25) is 4.79 Å². The van der Waals surface area contributed by atoms with E-state index in [0.717, 1.165) is 31.3 Å². The van der Waals surface area contributed by atoms with Crippen molar-refractivity contribution in [3.8, 4) is 0 Å². The van der Waals surface area contributed by atoms with E-state index in [4.69, 9.17) is 0 Å². The van der Waals surface area contributed by atoms with Gasteiger partial charge in [0.2, 0.25) is 0 Å². The third-order valence-corrected chi connectivity index (χ3v) is 5.45. The second kappa shape index (κ2) is 19.2. The molecule has 154 valence electrons. The number of rotatable bonds is 19. The van der Waals surface area contributed by atoms with Crippen molar-refractivity contribution in [1.82, 2.24) is 0 Å². The Morgan fingerprint density at radius 3 is 1.23 bits per heavy atom. The number of unbranched alkanes of at least 4 members (excludes halogenated alkanes) is 14. The lowest BCUT2D eigenvalue weighted by molar-refractivity contribution is -0.115. The summed E-state index contributed by atoms with van der Waals surface area (Å²) in [5.41, 5.74) is 2.32. The first kappa shape index (κ1) is 25.4. The Bertz CT molecular complexity index is 349. The summed E-state index contributed by atoms with van der Waals surface area (Å²) >= 11 is 0. The molecule has 0 saturated heterocycles. The predicted molar refractivity (Wildman–Crippen MR) is 118 cm³/mol. The highest BCUT2D eigenvalue weighted by molar-refractivity contribution is 5.95. The molecule has 0 fully saturated rings. The van der Waals surface area contributed by atoms with Crippen LogP contribution < -0.4 is 0 Å². The van der Waals surface area contributed by atoms with E-state index in [0.29, 0.717) is 5.78 Å². The maximum Gasteiger partial charge on any atom is 0.158 e. The zero-order valence-corrected chi connectivity index (χ0v) is 18.6. The molecule has 0 spiro atoms. The highest BCUT2D eigenvalue weighted by Crippen LogP contribution is 2.17. The Morgan fingerprint density at radius 1 is 0.500 bits per heavy atom. The summed E-state index contributed by atoms with van der Waals surface area (Å²) in [5, 5.41) is 0. The van der Waals surface area contributed by atoms with Crippen molar-refractivity contribution in [3.05, 3.63) is 11.1 Å². The molecule has 0 aliphatic carbocycles. The van der Waals surface area contributed by atoms with Crippen LogP contribution in [0, 0.1) is 0 Å². The van der Waals surface area contributed by atoms with E-state index in [1.54, 1.807) is 0 Å². The van der Waals surface area contributed by atoms with Crippen LogP contribution in [0.25, 0.3) is 0 Å². The lowest BCUT2D eigenvalue weighted by atomic mass is 9.97. The summed E-state index contributed by atoms with van der Waals surface area (Å²) in [6, 6.07) is 0. The molecule has 0 aliphatic heterocycles. The molecule has 0 radical (unpaired) electrons. The number of carbonyl (C=O) groups excluding carboxylic acids is 1. The van der Waals surface area contributed by atoms with Crippen LogP contribution in [0.4, 0.5) is 0 Å². The zero-order chi connectivity index (χ0) is 19.5. The van der Waals surface area contributed by atoms with Crippen molar-refractivity contribution in [2.75, 3.05) is 0 Å². The van der Waals surface area contributed by atoms with Gasteiger partial charge in [0, 0.05) is 6.42 Å². The molecule has 0 amide bonds. The molecule has 0 unspecified atom stereocenters. The normalized spacial score (nSPS) is 10.9. The van der Waals surface area contributed by atoms with Gasteiger partial charge < -0.3 is 0 Å². The van der Waals surface area contributed by atoms with Gasteiger partial charge in [0.05, 0.1) is 0 Å². The fraction of sp³-hybridized carbons (Fsp3) is 0.880. The minimum atomic E-state index is 0.404. The molecule has 0 aromatic heterocycles. The van der Waals surface area contributed by atoms with Crippen LogP contribution in [-0.4, -0.2) is 5.78 Å². The summed E-state index contributed by atoms with van der Waals surface area (Å²) in [4.78, 5) is 12.3. The van der Waals surface area contributed by atoms with Gasteiger partial charge in [-0.25, -0.2) is 0 Å². The van der Waals surface area contributed by atoms with E-state index in [9.17, 15) is 4.79 Å². The molecule has 1 heteroatoms. The van der Waals surface area contributed by atoms with Gasteiger partial charge in [-0.05, 0) is 32.3 Å². The van der Waals surface area contributed by atoms with Crippen LogP contribution in [0.1, 0.15) is 143 Å². The molecule has 0 N–H and O–H groups in total. The topological polar surface area (TPSA) is 17.1 Å². The highest BCUT2D eigenvalue weighted by atomic mass is 16.1. The van der Waals surface area contributed by atoms with E-state index in [2.05, 4.69) is 27.7 Å². The molecular formula is C25H48O. The van der Waals surface area contributed by atoms with Gasteiger partial charge >= 0.3 is 0 Å². The molecule has 0 aromatic carbocycles. The fourth-order valence-corrected chi connectivity index (χ4v) is 3.73. The number of allylic oxidation sites excluding steroid dienone is 2. The summed E-state index contributed by atoms with van der Waals surface area (Å²) in [6.45, 7) is 8.60. The first-order valence-corrected chi connectivity index (χ1v) is 11.8. The van der Waals surface area contributed by atoms with Gasteiger partial charge in [-0.2, -0.15) is 0 Å².